The van der Waals surface area contributed by atoms with Crippen molar-refractivity contribution in [1.82, 2.24) is 14.5 Å². The van der Waals surface area contributed by atoms with Crippen LogP contribution in [0.4, 0.5) is 14.5 Å². The van der Waals surface area contributed by atoms with Gasteiger partial charge in [0.25, 0.3) is 5.56 Å². The molecule has 0 radical (unpaired) electrons. The van der Waals surface area contributed by atoms with Crippen LogP contribution in [-0.4, -0.2) is 42.3 Å². The second kappa shape index (κ2) is 13.5. The van der Waals surface area contributed by atoms with Crippen LogP contribution in [0.1, 0.15) is 40.5 Å². The van der Waals surface area contributed by atoms with E-state index in [4.69, 9.17) is 4.74 Å². The lowest BCUT2D eigenvalue weighted by molar-refractivity contribution is 0.0361. The number of benzene rings is 3. The predicted molar refractivity (Wildman–Crippen MR) is 176 cm³/mol. The molecule has 0 N–H and O–H groups in total. The number of anilines is 1. The van der Waals surface area contributed by atoms with E-state index < -0.39 is 38.3 Å². The predicted octanol–water partition coefficient (Wildman–Crippen LogP) is 6.05. The summed E-state index contributed by atoms with van der Waals surface area (Å²) in [5, 5.41) is -0.408. The SMILES string of the molecule is Cc1cc(-c2cc(F)c(=O)n(Cc3ccc4c(c3)CCN4C)c2)nc(S(=O)(=O)CCC(OCc2ccccc2F)c2ccccc2)n1. The maximum absolute atomic E-state index is 15.0. The second-order valence-electron chi connectivity index (χ2n) is 11.7. The molecule has 0 amide bonds. The van der Waals surface area contributed by atoms with Gasteiger partial charge in [0, 0.05) is 42.3 Å². The quantitative estimate of drug-likeness (QED) is 0.160. The van der Waals surface area contributed by atoms with Gasteiger partial charge in [-0.15, -0.1) is 0 Å². The molecule has 0 saturated heterocycles. The first kappa shape index (κ1) is 32.2. The number of hydrogen-bond donors (Lipinski definition) is 0. The Morgan fingerprint density at radius 2 is 1.70 bits per heavy atom. The van der Waals surface area contributed by atoms with Gasteiger partial charge in [-0.2, -0.15) is 0 Å². The lowest BCUT2D eigenvalue weighted by atomic mass is 10.1. The number of aromatic nitrogens is 3. The zero-order chi connectivity index (χ0) is 33.1. The molecule has 0 bridgehead atoms. The Hall–Kier alpha value is -4.74. The Balaban J connectivity index is 1.24. The van der Waals surface area contributed by atoms with Gasteiger partial charge in [-0.25, -0.2) is 27.2 Å². The molecule has 1 aliphatic heterocycles. The number of ether oxygens (including phenoxy) is 1. The van der Waals surface area contributed by atoms with Gasteiger partial charge in [0.05, 0.1) is 30.7 Å². The maximum Gasteiger partial charge on any atom is 0.286 e. The molecule has 6 rings (SSSR count). The first-order valence-corrected chi connectivity index (χ1v) is 16.9. The minimum atomic E-state index is -4.04. The molecule has 1 aliphatic rings. The van der Waals surface area contributed by atoms with Gasteiger partial charge < -0.3 is 14.2 Å². The largest absolute Gasteiger partial charge is 0.374 e. The van der Waals surface area contributed by atoms with E-state index in [1.807, 2.05) is 55.6 Å². The van der Waals surface area contributed by atoms with Crippen molar-refractivity contribution in [3.05, 3.63) is 141 Å². The number of nitrogens with zero attached hydrogens (tertiary/aromatic N) is 4. The molecule has 47 heavy (non-hydrogen) atoms. The Bertz CT molecular complexity index is 2090. The van der Waals surface area contributed by atoms with E-state index in [0.717, 1.165) is 35.8 Å². The van der Waals surface area contributed by atoms with Crippen LogP contribution in [0.5, 0.6) is 0 Å². The van der Waals surface area contributed by atoms with E-state index in [1.54, 1.807) is 31.2 Å². The summed E-state index contributed by atoms with van der Waals surface area (Å²) in [6.07, 6.45) is 1.80. The van der Waals surface area contributed by atoms with Gasteiger partial charge in [0.15, 0.2) is 5.82 Å². The summed E-state index contributed by atoms with van der Waals surface area (Å²) in [4.78, 5) is 23.5. The van der Waals surface area contributed by atoms with Crippen molar-refractivity contribution in [2.24, 2.45) is 0 Å². The second-order valence-corrected chi connectivity index (χ2v) is 13.7. The van der Waals surface area contributed by atoms with E-state index in [9.17, 15) is 22.0 Å². The summed E-state index contributed by atoms with van der Waals surface area (Å²) in [5.74, 6) is -1.73. The fourth-order valence-electron chi connectivity index (χ4n) is 5.77. The van der Waals surface area contributed by atoms with Crippen LogP contribution < -0.4 is 10.5 Å². The van der Waals surface area contributed by atoms with Gasteiger partial charge >= 0.3 is 0 Å². The highest BCUT2D eigenvalue weighted by molar-refractivity contribution is 7.91. The van der Waals surface area contributed by atoms with Gasteiger partial charge in [-0.05, 0) is 60.7 Å². The van der Waals surface area contributed by atoms with Gasteiger partial charge in [0.1, 0.15) is 5.82 Å². The van der Waals surface area contributed by atoms with Crippen molar-refractivity contribution in [1.29, 1.82) is 0 Å². The van der Waals surface area contributed by atoms with Crippen LogP contribution in [-0.2, 0) is 34.1 Å². The molecule has 5 aromatic rings. The van der Waals surface area contributed by atoms with Crippen molar-refractivity contribution in [2.45, 2.75) is 44.2 Å². The number of sulfone groups is 1. The molecule has 11 heteroatoms. The van der Waals surface area contributed by atoms with E-state index in [1.165, 1.54) is 22.4 Å². The summed E-state index contributed by atoms with van der Waals surface area (Å²) in [6.45, 7) is 2.64. The average molecular weight is 657 g/mol. The summed E-state index contributed by atoms with van der Waals surface area (Å²) in [5.41, 5.74) is 4.27. The van der Waals surface area contributed by atoms with Crippen LogP contribution in [0.2, 0.25) is 0 Å². The zero-order valence-corrected chi connectivity index (χ0v) is 26.9. The summed E-state index contributed by atoms with van der Waals surface area (Å²) in [7, 11) is -2.01. The molecule has 0 aliphatic carbocycles. The molecule has 8 nitrogen and oxygen atoms in total. The standard InChI is InChI=1S/C36H34F2N4O4S/c1-24-18-32(29-20-31(38)35(43)42(22-29)21-25-12-13-33-27(19-25)14-16-41(33)2)40-36(39-24)47(44,45)17-15-34(26-8-4-3-5-9-26)46-23-28-10-6-7-11-30(28)37/h3-13,18-20,22,34H,14-17,21,23H2,1-2H3. The van der Waals surface area contributed by atoms with Gasteiger partial charge in [0.2, 0.25) is 15.0 Å². The Kier molecular flexibility index (Phi) is 9.28. The Labute approximate surface area is 272 Å². The molecule has 242 valence electrons. The van der Waals surface area contributed by atoms with E-state index in [0.29, 0.717) is 11.3 Å². The van der Waals surface area contributed by atoms with Crippen molar-refractivity contribution in [3.63, 3.8) is 0 Å². The fourth-order valence-corrected chi connectivity index (χ4v) is 7.00. The first-order chi connectivity index (χ1) is 22.6. The van der Waals surface area contributed by atoms with Gasteiger partial charge in [-0.1, -0.05) is 60.7 Å². The molecule has 1 atom stereocenters. The minimum Gasteiger partial charge on any atom is -0.374 e. The highest BCUT2D eigenvalue weighted by Crippen LogP contribution is 2.29. The lowest BCUT2D eigenvalue weighted by Gasteiger charge is -2.19. The van der Waals surface area contributed by atoms with Crippen LogP contribution in [0.25, 0.3) is 11.3 Å². The molecule has 3 aromatic carbocycles. The summed E-state index contributed by atoms with van der Waals surface area (Å²) in [6, 6.07) is 24.0. The van der Waals surface area contributed by atoms with Crippen LogP contribution in [0.3, 0.4) is 0 Å². The Morgan fingerprint density at radius 1 is 0.936 bits per heavy atom. The maximum atomic E-state index is 15.0. The topological polar surface area (TPSA) is 94.4 Å². The number of hydrogen-bond acceptors (Lipinski definition) is 7. The summed E-state index contributed by atoms with van der Waals surface area (Å²) >= 11 is 0. The van der Waals surface area contributed by atoms with Crippen molar-refractivity contribution >= 4 is 15.5 Å². The van der Waals surface area contributed by atoms with Crippen LogP contribution >= 0.6 is 0 Å². The number of pyridine rings is 1. The highest BCUT2D eigenvalue weighted by atomic mass is 32.2. The molecule has 3 heterocycles. The van der Waals surface area contributed by atoms with Crippen LogP contribution in [0.15, 0.2) is 101 Å². The molecule has 0 fully saturated rings. The molecule has 1 unspecified atom stereocenters. The van der Waals surface area contributed by atoms with E-state index in [2.05, 4.69) is 14.9 Å². The normalized spacial score (nSPS) is 13.5. The molecular weight excluding hydrogens is 622 g/mol. The third-order valence-corrected chi connectivity index (χ3v) is 9.80. The zero-order valence-electron chi connectivity index (χ0n) is 26.1. The number of halogens is 2. The van der Waals surface area contributed by atoms with Crippen molar-refractivity contribution in [2.75, 3.05) is 24.2 Å². The highest BCUT2D eigenvalue weighted by Gasteiger charge is 2.24. The third-order valence-electron chi connectivity index (χ3n) is 8.29. The average Bonchev–Trinajstić information content (AvgIpc) is 3.43. The smallest absolute Gasteiger partial charge is 0.286 e. The fraction of sp³-hybridized carbons (Fsp3) is 0.250. The lowest BCUT2D eigenvalue weighted by Crippen LogP contribution is -2.23. The number of aryl methyl sites for hydroxylation is 1. The number of fused-ring (bicyclic) bond motifs is 1. The molecule has 0 spiro atoms. The minimum absolute atomic E-state index is 0.0405. The molecule has 2 aromatic heterocycles. The van der Waals surface area contributed by atoms with Gasteiger partial charge in [-0.3, -0.25) is 4.79 Å². The van der Waals surface area contributed by atoms with Crippen molar-refractivity contribution < 1.29 is 21.9 Å². The molecule has 0 saturated carbocycles. The van der Waals surface area contributed by atoms with E-state index in [-0.39, 0.29) is 36.6 Å². The number of rotatable bonds is 11. The van der Waals surface area contributed by atoms with Crippen molar-refractivity contribution in [3.8, 4) is 11.3 Å². The van der Waals surface area contributed by atoms with Crippen LogP contribution in [0, 0.1) is 18.6 Å². The third kappa shape index (κ3) is 7.31. The number of likely N-dealkylation sites (N-methyl/N-ethyl adjacent to an activating group) is 1. The summed E-state index contributed by atoms with van der Waals surface area (Å²) < 4.78 is 63.8. The Morgan fingerprint density at radius 3 is 2.49 bits per heavy atom. The monoisotopic (exact) mass is 656 g/mol. The van der Waals surface area contributed by atoms with E-state index >= 15 is 0 Å². The first-order valence-electron chi connectivity index (χ1n) is 15.3. The molecular formula is C36H34F2N4O4S.